The van der Waals surface area contributed by atoms with E-state index in [1.165, 1.54) is 0 Å². The molecule has 0 aliphatic carbocycles. The summed E-state index contributed by atoms with van der Waals surface area (Å²) in [4.78, 5) is 0. The molecule has 0 N–H and O–H groups in total. The molecular formula is C12H14BrCl2F. The first kappa shape index (κ1) is 14.3. The molecule has 0 aromatic heterocycles. The second-order valence-electron chi connectivity index (χ2n) is 4.13. The van der Waals surface area contributed by atoms with Crippen LogP contribution in [-0.4, -0.2) is 5.38 Å². The monoisotopic (exact) mass is 326 g/mol. The van der Waals surface area contributed by atoms with Crippen LogP contribution in [0, 0.1) is 11.7 Å². The molecule has 0 nitrogen and oxygen atoms in total. The Balaban J connectivity index is 2.72. The maximum Gasteiger partial charge on any atom is 0.146 e. The average Bonchev–Trinajstić information content (AvgIpc) is 2.24. The van der Waals surface area contributed by atoms with E-state index in [4.69, 9.17) is 23.2 Å². The highest BCUT2D eigenvalue weighted by Crippen LogP contribution is 2.29. The van der Waals surface area contributed by atoms with Gasteiger partial charge in [0.1, 0.15) is 5.82 Å². The number of hydrogen-bond acceptors (Lipinski definition) is 0. The van der Waals surface area contributed by atoms with E-state index >= 15 is 0 Å². The molecule has 1 aromatic rings. The van der Waals surface area contributed by atoms with Gasteiger partial charge in [-0.2, -0.15) is 0 Å². The van der Waals surface area contributed by atoms with E-state index < -0.39 is 0 Å². The minimum atomic E-state index is -0.344. The number of aryl methyl sites for hydroxylation is 1. The highest BCUT2D eigenvalue weighted by molar-refractivity contribution is 9.10. The molecule has 1 rings (SSSR count). The van der Waals surface area contributed by atoms with Crippen LogP contribution in [0.3, 0.4) is 0 Å². The van der Waals surface area contributed by atoms with E-state index in [9.17, 15) is 4.39 Å². The maximum absolute atomic E-state index is 13.7. The Hall–Kier alpha value is 0.210. The summed E-state index contributed by atoms with van der Waals surface area (Å²) in [5, 5.41) is 0.218. The van der Waals surface area contributed by atoms with Gasteiger partial charge in [-0.3, -0.25) is 0 Å². The summed E-state index contributed by atoms with van der Waals surface area (Å²) in [6, 6.07) is 3.51. The van der Waals surface area contributed by atoms with Crippen molar-refractivity contribution in [2.24, 2.45) is 5.92 Å². The summed E-state index contributed by atoms with van der Waals surface area (Å²) in [6.45, 7) is 4.12. The van der Waals surface area contributed by atoms with E-state index in [1.807, 2.05) is 0 Å². The molecule has 0 fully saturated rings. The number of benzene rings is 1. The lowest BCUT2D eigenvalue weighted by atomic mass is 10.0. The lowest BCUT2D eigenvalue weighted by Crippen LogP contribution is -2.09. The molecule has 0 amide bonds. The average molecular weight is 328 g/mol. The van der Waals surface area contributed by atoms with Crippen LogP contribution in [0.25, 0.3) is 0 Å². The van der Waals surface area contributed by atoms with Gasteiger partial charge in [-0.1, -0.05) is 31.5 Å². The third-order valence-electron chi connectivity index (χ3n) is 2.53. The van der Waals surface area contributed by atoms with Crippen LogP contribution < -0.4 is 0 Å². The van der Waals surface area contributed by atoms with Gasteiger partial charge in [0.25, 0.3) is 0 Å². The van der Waals surface area contributed by atoms with Crippen LogP contribution in [0.5, 0.6) is 0 Å². The largest absolute Gasteiger partial charge is 0.205 e. The number of halogens is 4. The normalized spacial score (nSPS) is 13.2. The molecule has 0 spiro atoms. The molecule has 1 atom stereocenters. The van der Waals surface area contributed by atoms with Gasteiger partial charge in [0.15, 0.2) is 0 Å². The molecule has 0 aliphatic heterocycles. The molecule has 0 saturated heterocycles. The van der Waals surface area contributed by atoms with E-state index in [0.29, 0.717) is 22.4 Å². The van der Waals surface area contributed by atoms with Crippen molar-refractivity contribution < 1.29 is 4.39 Å². The molecule has 0 bridgehead atoms. The third-order valence-corrected chi connectivity index (χ3v) is 4.51. The third kappa shape index (κ3) is 3.61. The van der Waals surface area contributed by atoms with E-state index in [1.54, 1.807) is 12.1 Å². The van der Waals surface area contributed by atoms with Crippen LogP contribution in [0.15, 0.2) is 16.6 Å². The summed E-state index contributed by atoms with van der Waals surface area (Å²) in [5.41, 5.74) is 0.625. The summed E-state index contributed by atoms with van der Waals surface area (Å²) < 4.78 is 14.3. The summed E-state index contributed by atoms with van der Waals surface area (Å²) >= 11 is 15.1. The Morgan fingerprint density at radius 2 is 2.00 bits per heavy atom. The van der Waals surface area contributed by atoms with Crippen molar-refractivity contribution in [1.29, 1.82) is 0 Å². The zero-order valence-electron chi connectivity index (χ0n) is 9.24. The summed E-state index contributed by atoms with van der Waals surface area (Å²) in [7, 11) is 0. The maximum atomic E-state index is 13.7. The minimum absolute atomic E-state index is 0.0711. The fourth-order valence-electron chi connectivity index (χ4n) is 1.39. The fraction of sp³-hybridized carbons (Fsp3) is 0.500. The molecule has 0 aliphatic rings. The van der Waals surface area contributed by atoms with Crippen LogP contribution in [-0.2, 0) is 6.42 Å². The van der Waals surface area contributed by atoms with Gasteiger partial charge in [-0.15, -0.1) is 11.6 Å². The topological polar surface area (TPSA) is 0 Å². The van der Waals surface area contributed by atoms with Crippen LogP contribution in [0.1, 0.15) is 25.8 Å². The summed E-state index contributed by atoms with van der Waals surface area (Å²) in [5.74, 6) is 0.0549. The second-order valence-corrected chi connectivity index (χ2v) is 5.93. The highest BCUT2D eigenvalue weighted by Gasteiger charge is 2.13. The molecular weight excluding hydrogens is 314 g/mol. The molecule has 16 heavy (non-hydrogen) atoms. The van der Waals surface area contributed by atoms with E-state index in [2.05, 4.69) is 29.8 Å². The van der Waals surface area contributed by atoms with Gasteiger partial charge in [0, 0.05) is 9.85 Å². The molecule has 1 aromatic carbocycles. The van der Waals surface area contributed by atoms with Crippen molar-refractivity contribution in [2.75, 3.05) is 0 Å². The first-order chi connectivity index (χ1) is 7.43. The number of alkyl halides is 1. The number of hydrogen-bond donors (Lipinski definition) is 0. The van der Waals surface area contributed by atoms with Gasteiger partial charge in [0.05, 0.1) is 5.02 Å². The zero-order chi connectivity index (χ0) is 12.3. The Kier molecular flexibility index (Phi) is 5.55. The van der Waals surface area contributed by atoms with Gasteiger partial charge >= 0.3 is 0 Å². The van der Waals surface area contributed by atoms with Crippen molar-refractivity contribution in [3.63, 3.8) is 0 Å². The fourth-order valence-corrected chi connectivity index (χ4v) is 1.99. The van der Waals surface area contributed by atoms with Gasteiger partial charge in [-0.25, -0.2) is 4.39 Å². The molecule has 90 valence electrons. The second kappa shape index (κ2) is 6.23. The standard InChI is InChI=1S/C12H14BrCl2F/c1-7(2)10(14)6-4-8-3-5-9(13)11(15)12(8)16/h3,5,7,10H,4,6H2,1-2H3. The van der Waals surface area contributed by atoms with E-state index in [0.717, 1.165) is 6.42 Å². The van der Waals surface area contributed by atoms with E-state index in [-0.39, 0.29) is 16.2 Å². The predicted molar refractivity (Wildman–Crippen MR) is 71.9 cm³/mol. The first-order valence-corrected chi connectivity index (χ1v) is 6.80. The van der Waals surface area contributed by atoms with Crippen molar-refractivity contribution >= 4 is 39.1 Å². The van der Waals surface area contributed by atoms with Crippen LogP contribution in [0.2, 0.25) is 5.02 Å². The molecule has 0 saturated carbocycles. The Morgan fingerprint density at radius 3 is 2.56 bits per heavy atom. The smallest absolute Gasteiger partial charge is 0.146 e. The lowest BCUT2D eigenvalue weighted by Gasteiger charge is -2.13. The predicted octanol–water partition coefficient (Wildman–Crippen LogP) is 5.44. The van der Waals surface area contributed by atoms with Gasteiger partial charge in [-0.05, 0) is 46.3 Å². The van der Waals surface area contributed by atoms with Crippen molar-refractivity contribution in [1.82, 2.24) is 0 Å². The van der Waals surface area contributed by atoms with Crippen LogP contribution in [0.4, 0.5) is 4.39 Å². The van der Waals surface area contributed by atoms with Crippen molar-refractivity contribution in [3.8, 4) is 0 Å². The zero-order valence-corrected chi connectivity index (χ0v) is 12.3. The SMILES string of the molecule is CC(C)C(Cl)CCc1ccc(Br)c(Cl)c1F. The minimum Gasteiger partial charge on any atom is -0.205 e. The van der Waals surface area contributed by atoms with Gasteiger partial charge in [0.2, 0.25) is 0 Å². The van der Waals surface area contributed by atoms with Crippen molar-refractivity contribution in [3.05, 3.63) is 33.0 Å². The first-order valence-electron chi connectivity index (χ1n) is 5.20. The molecule has 0 heterocycles. The highest BCUT2D eigenvalue weighted by atomic mass is 79.9. The number of rotatable bonds is 4. The molecule has 0 radical (unpaired) electrons. The van der Waals surface area contributed by atoms with Gasteiger partial charge < -0.3 is 0 Å². The van der Waals surface area contributed by atoms with Crippen molar-refractivity contribution in [2.45, 2.75) is 32.1 Å². The lowest BCUT2D eigenvalue weighted by molar-refractivity contribution is 0.550. The quantitative estimate of drug-likeness (QED) is 0.510. The Labute approximate surface area is 114 Å². The molecule has 1 unspecified atom stereocenters. The Bertz CT molecular complexity index is 366. The Morgan fingerprint density at radius 1 is 1.38 bits per heavy atom. The molecule has 4 heteroatoms. The summed E-state index contributed by atoms with van der Waals surface area (Å²) in [6.07, 6.45) is 1.37. The van der Waals surface area contributed by atoms with Crippen LogP contribution >= 0.6 is 39.1 Å².